The number of benzene rings is 2. The van der Waals surface area contributed by atoms with Crippen molar-refractivity contribution in [3.8, 4) is 17.2 Å². The number of aromatic amines is 1. The van der Waals surface area contributed by atoms with Crippen LogP contribution in [0, 0.1) is 11.3 Å². The van der Waals surface area contributed by atoms with Gasteiger partial charge in [0.15, 0.2) is 0 Å². The molecule has 0 aliphatic rings. The highest BCUT2D eigenvalue weighted by Crippen LogP contribution is 2.32. The van der Waals surface area contributed by atoms with Crippen LogP contribution >= 0.6 is 0 Å². The minimum Gasteiger partial charge on any atom is -0.358 e. The SMILES string of the molecule is C=C(C)/C=C(\C(=C\c1cc(-c2ccccc2)c(CC#N)[nH]1)CCCC)c1ccccc1. The van der Waals surface area contributed by atoms with Crippen molar-refractivity contribution in [1.29, 1.82) is 5.26 Å². The van der Waals surface area contributed by atoms with E-state index in [0.29, 0.717) is 6.42 Å². The molecule has 0 radical (unpaired) electrons. The van der Waals surface area contributed by atoms with Crippen LogP contribution in [-0.2, 0) is 6.42 Å². The molecule has 1 N–H and O–H groups in total. The molecular formula is C29H30N2. The molecule has 0 saturated heterocycles. The molecule has 0 spiro atoms. The van der Waals surface area contributed by atoms with Crippen LogP contribution in [-0.4, -0.2) is 4.98 Å². The lowest BCUT2D eigenvalue weighted by atomic mass is 9.91. The van der Waals surface area contributed by atoms with Crippen LogP contribution < -0.4 is 0 Å². The van der Waals surface area contributed by atoms with Crippen molar-refractivity contribution in [2.45, 2.75) is 39.5 Å². The number of rotatable bonds is 9. The van der Waals surface area contributed by atoms with Crippen molar-refractivity contribution in [2.75, 3.05) is 0 Å². The van der Waals surface area contributed by atoms with Crippen molar-refractivity contribution in [1.82, 2.24) is 4.98 Å². The number of hydrogen-bond acceptors (Lipinski definition) is 1. The highest BCUT2D eigenvalue weighted by Gasteiger charge is 2.12. The maximum absolute atomic E-state index is 9.33. The van der Waals surface area contributed by atoms with Crippen LogP contribution in [0.2, 0.25) is 0 Å². The van der Waals surface area contributed by atoms with Gasteiger partial charge in [-0.1, -0.05) is 92.2 Å². The summed E-state index contributed by atoms with van der Waals surface area (Å²) in [6, 6.07) is 25.2. The highest BCUT2D eigenvalue weighted by molar-refractivity contribution is 5.86. The maximum atomic E-state index is 9.33. The molecule has 2 heteroatoms. The summed E-state index contributed by atoms with van der Waals surface area (Å²) in [5.74, 6) is 0. The molecule has 2 aromatic carbocycles. The number of H-pyrrole nitrogens is 1. The number of unbranched alkanes of at least 4 members (excludes halogenated alkanes) is 1. The van der Waals surface area contributed by atoms with Crippen molar-refractivity contribution in [2.24, 2.45) is 0 Å². The normalized spacial score (nSPS) is 11.9. The third-order valence-electron chi connectivity index (χ3n) is 5.21. The number of nitrogens with one attached hydrogen (secondary N) is 1. The Morgan fingerprint density at radius 1 is 1.06 bits per heavy atom. The molecule has 0 fully saturated rings. The lowest BCUT2D eigenvalue weighted by Gasteiger charge is -2.13. The van der Waals surface area contributed by atoms with Gasteiger partial charge < -0.3 is 4.98 Å². The van der Waals surface area contributed by atoms with Crippen LogP contribution in [0.5, 0.6) is 0 Å². The highest BCUT2D eigenvalue weighted by atomic mass is 14.7. The topological polar surface area (TPSA) is 39.6 Å². The van der Waals surface area contributed by atoms with E-state index in [9.17, 15) is 5.26 Å². The second kappa shape index (κ2) is 11.0. The molecule has 2 nitrogen and oxygen atoms in total. The summed E-state index contributed by atoms with van der Waals surface area (Å²) in [4.78, 5) is 3.50. The van der Waals surface area contributed by atoms with E-state index in [-0.39, 0.29) is 0 Å². The minimum atomic E-state index is 0.357. The van der Waals surface area contributed by atoms with Crippen molar-refractivity contribution in [3.05, 3.63) is 107 Å². The fourth-order valence-electron chi connectivity index (χ4n) is 3.76. The zero-order chi connectivity index (χ0) is 22.1. The van der Waals surface area contributed by atoms with Gasteiger partial charge in [-0.3, -0.25) is 0 Å². The van der Waals surface area contributed by atoms with Gasteiger partial charge in [-0.05, 0) is 54.2 Å². The number of nitriles is 1. The van der Waals surface area contributed by atoms with Gasteiger partial charge in [-0.2, -0.15) is 5.26 Å². The van der Waals surface area contributed by atoms with Crippen LogP contribution in [0.1, 0.15) is 50.1 Å². The fourth-order valence-corrected chi connectivity index (χ4v) is 3.76. The molecule has 1 heterocycles. The summed E-state index contributed by atoms with van der Waals surface area (Å²) in [5.41, 5.74) is 8.91. The zero-order valence-corrected chi connectivity index (χ0v) is 18.5. The number of aromatic nitrogens is 1. The quantitative estimate of drug-likeness (QED) is 0.359. The maximum Gasteiger partial charge on any atom is 0.0758 e. The van der Waals surface area contributed by atoms with Gasteiger partial charge in [0.1, 0.15) is 0 Å². The second-order valence-corrected chi connectivity index (χ2v) is 7.86. The van der Waals surface area contributed by atoms with E-state index < -0.39 is 0 Å². The molecule has 0 bridgehead atoms. The van der Waals surface area contributed by atoms with E-state index in [1.165, 1.54) is 16.7 Å². The number of nitrogens with zero attached hydrogens (tertiary/aromatic N) is 1. The Labute approximate surface area is 186 Å². The summed E-state index contributed by atoms with van der Waals surface area (Å²) in [6.45, 7) is 8.38. The Kier molecular flexibility index (Phi) is 7.85. The Morgan fingerprint density at radius 2 is 1.74 bits per heavy atom. The number of hydrogen-bond donors (Lipinski definition) is 1. The molecule has 0 amide bonds. The van der Waals surface area contributed by atoms with E-state index in [4.69, 9.17) is 0 Å². The average Bonchev–Trinajstić information content (AvgIpc) is 3.19. The van der Waals surface area contributed by atoms with Gasteiger partial charge in [-0.25, -0.2) is 0 Å². The van der Waals surface area contributed by atoms with E-state index in [1.54, 1.807) is 0 Å². The first-order valence-electron chi connectivity index (χ1n) is 10.9. The summed E-state index contributed by atoms with van der Waals surface area (Å²) >= 11 is 0. The predicted molar refractivity (Wildman–Crippen MR) is 132 cm³/mol. The van der Waals surface area contributed by atoms with Crippen molar-refractivity contribution in [3.63, 3.8) is 0 Å². The molecule has 0 aliphatic carbocycles. The van der Waals surface area contributed by atoms with Gasteiger partial charge in [0.05, 0.1) is 12.5 Å². The third kappa shape index (κ3) is 5.96. The van der Waals surface area contributed by atoms with Gasteiger partial charge in [-0.15, -0.1) is 0 Å². The summed E-state index contributed by atoms with van der Waals surface area (Å²) in [5, 5.41) is 9.33. The van der Waals surface area contributed by atoms with Crippen molar-refractivity contribution < 1.29 is 0 Å². The summed E-state index contributed by atoms with van der Waals surface area (Å²) in [6.07, 6.45) is 8.00. The Bertz CT molecular complexity index is 1110. The van der Waals surface area contributed by atoms with Crippen LogP contribution in [0.25, 0.3) is 22.8 Å². The molecule has 3 rings (SSSR count). The minimum absolute atomic E-state index is 0.357. The smallest absolute Gasteiger partial charge is 0.0758 e. The first-order chi connectivity index (χ1) is 15.1. The molecule has 1 aromatic heterocycles. The Morgan fingerprint density at radius 3 is 2.35 bits per heavy atom. The van der Waals surface area contributed by atoms with E-state index >= 15 is 0 Å². The first kappa shape index (κ1) is 22.1. The average molecular weight is 407 g/mol. The van der Waals surface area contributed by atoms with Crippen molar-refractivity contribution >= 4 is 11.6 Å². The monoisotopic (exact) mass is 406 g/mol. The first-order valence-corrected chi connectivity index (χ1v) is 10.9. The lowest BCUT2D eigenvalue weighted by molar-refractivity contribution is 0.802. The lowest BCUT2D eigenvalue weighted by Crippen LogP contribution is -1.93. The summed E-state index contributed by atoms with van der Waals surface area (Å²) in [7, 11) is 0. The van der Waals surface area contributed by atoms with E-state index in [2.05, 4.69) is 79.2 Å². The number of allylic oxidation sites excluding steroid dienone is 4. The Hall–Kier alpha value is -3.57. The molecule has 0 aliphatic heterocycles. The van der Waals surface area contributed by atoms with Gasteiger partial charge in [0.2, 0.25) is 0 Å². The van der Waals surface area contributed by atoms with Crippen LogP contribution in [0.4, 0.5) is 0 Å². The fraction of sp³-hybridized carbons (Fsp3) is 0.207. The zero-order valence-electron chi connectivity index (χ0n) is 18.5. The standard InChI is InChI=1S/C29H30N2/c1-4-5-12-25(27(19-22(2)3)23-13-8-6-9-14-23)20-26-21-28(29(31-26)17-18-30)24-15-10-7-11-16-24/h6-11,13-16,19-21,31H,2,4-5,12,17H2,1,3H3/b25-20+,27-19-. The van der Waals surface area contributed by atoms with Gasteiger partial charge in [0, 0.05) is 17.0 Å². The molecule has 0 saturated carbocycles. The molecule has 31 heavy (non-hydrogen) atoms. The largest absolute Gasteiger partial charge is 0.358 e. The molecule has 0 atom stereocenters. The molecule has 3 aromatic rings. The van der Waals surface area contributed by atoms with Gasteiger partial charge >= 0.3 is 0 Å². The second-order valence-electron chi connectivity index (χ2n) is 7.86. The Balaban J connectivity index is 2.11. The third-order valence-corrected chi connectivity index (χ3v) is 5.21. The van der Waals surface area contributed by atoms with E-state index in [0.717, 1.165) is 47.4 Å². The summed E-state index contributed by atoms with van der Waals surface area (Å²) < 4.78 is 0. The predicted octanol–water partition coefficient (Wildman–Crippen LogP) is 7.98. The molecule has 156 valence electrons. The van der Waals surface area contributed by atoms with Gasteiger partial charge in [0.25, 0.3) is 0 Å². The molecular weight excluding hydrogens is 376 g/mol. The molecule has 0 unspecified atom stereocenters. The van der Waals surface area contributed by atoms with Crippen LogP contribution in [0.15, 0.2) is 90.5 Å². The van der Waals surface area contributed by atoms with Crippen LogP contribution in [0.3, 0.4) is 0 Å². The van der Waals surface area contributed by atoms with E-state index in [1.807, 2.05) is 31.2 Å².